The Morgan fingerprint density at radius 3 is 3.00 bits per heavy atom. The minimum absolute atomic E-state index is 0.0137. The van der Waals surface area contributed by atoms with E-state index in [1.54, 1.807) is 6.92 Å². The average Bonchev–Trinajstić information content (AvgIpc) is 2.44. The van der Waals surface area contributed by atoms with E-state index in [1.807, 2.05) is 6.07 Å². The molecule has 2 unspecified atom stereocenters. The number of unbranched alkanes of at least 4 members (excludes halogenated alkanes) is 1. The van der Waals surface area contributed by atoms with Gasteiger partial charge in [0, 0.05) is 6.92 Å². The maximum Gasteiger partial charge on any atom is 0.217 e. The van der Waals surface area contributed by atoms with Gasteiger partial charge in [0.25, 0.3) is 0 Å². The number of fused-ring (bicyclic) bond motifs is 1. The van der Waals surface area contributed by atoms with E-state index in [0.29, 0.717) is 0 Å². The Balaban J connectivity index is 2.20. The number of hydrogen-bond acceptors (Lipinski definition) is 2. The summed E-state index contributed by atoms with van der Waals surface area (Å²) in [7, 11) is 0. The van der Waals surface area contributed by atoms with Gasteiger partial charge < -0.3 is 10.4 Å². The molecule has 2 N–H and O–H groups in total. The van der Waals surface area contributed by atoms with E-state index in [-0.39, 0.29) is 18.1 Å². The van der Waals surface area contributed by atoms with Crippen LogP contribution in [0.1, 0.15) is 74.8 Å². The van der Waals surface area contributed by atoms with Crippen molar-refractivity contribution in [2.75, 3.05) is 0 Å². The molecule has 110 valence electrons. The van der Waals surface area contributed by atoms with Gasteiger partial charge in [-0.05, 0) is 42.4 Å². The first-order valence-corrected chi connectivity index (χ1v) is 7.69. The highest BCUT2D eigenvalue weighted by atomic mass is 16.3. The number of benzene rings is 1. The molecule has 3 nitrogen and oxygen atoms in total. The first-order chi connectivity index (χ1) is 9.61. The van der Waals surface area contributed by atoms with Crippen molar-refractivity contribution >= 4 is 5.91 Å². The Morgan fingerprint density at radius 2 is 2.30 bits per heavy atom. The number of amides is 1. The number of carbonyl (C=O) groups excluding carboxylic acids is 1. The molecular weight excluding hydrogens is 250 g/mol. The molecule has 0 bridgehead atoms. The zero-order valence-electron chi connectivity index (χ0n) is 12.5. The normalized spacial score (nSPS) is 19.2. The third-order valence-electron chi connectivity index (χ3n) is 4.08. The molecule has 0 saturated carbocycles. The van der Waals surface area contributed by atoms with Gasteiger partial charge in [-0.2, -0.15) is 0 Å². The van der Waals surface area contributed by atoms with Crippen molar-refractivity contribution in [1.82, 2.24) is 5.32 Å². The predicted molar refractivity (Wildman–Crippen MR) is 80.4 cm³/mol. The van der Waals surface area contributed by atoms with Gasteiger partial charge in [-0.1, -0.05) is 38.0 Å². The number of aliphatic hydroxyl groups is 1. The van der Waals surface area contributed by atoms with Gasteiger partial charge >= 0.3 is 0 Å². The maximum atomic E-state index is 11.3. The maximum absolute atomic E-state index is 11.3. The Kier molecular flexibility index (Phi) is 5.18. The van der Waals surface area contributed by atoms with Gasteiger partial charge in [0.2, 0.25) is 5.91 Å². The van der Waals surface area contributed by atoms with E-state index in [9.17, 15) is 9.90 Å². The van der Waals surface area contributed by atoms with E-state index in [0.717, 1.165) is 44.1 Å². The standard InChI is InChI=1S/C17H25NO2/c1-3-4-8-17(20)14-10-9-13-6-5-7-16(15(13)11-14)18-12(2)19/h9-11,16-17,20H,3-8H2,1-2H3,(H,18,19). The van der Waals surface area contributed by atoms with Crippen LogP contribution in [0.5, 0.6) is 0 Å². The van der Waals surface area contributed by atoms with Gasteiger partial charge in [-0.3, -0.25) is 4.79 Å². The number of nitrogens with one attached hydrogen (secondary N) is 1. The summed E-state index contributed by atoms with van der Waals surface area (Å²) < 4.78 is 0. The fourth-order valence-corrected chi connectivity index (χ4v) is 2.98. The molecule has 0 aromatic heterocycles. The van der Waals surface area contributed by atoms with Crippen LogP contribution in [-0.4, -0.2) is 11.0 Å². The first kappa shape index (κ1) is 15.0. The fraction of sp³-hybridized carbons (Fsp3) is 0.588. The van der Waals surface area contributed by atoms with Crippen LogP contribution in [-0.2, 0) is 11.2 Å². The van der Waals surface area contributed by atoms with Crippen molar-refractivity contribution in [2.45, 2.75) is 64.5 Å². The number of aliphatic hydroxyl groups excluding tert-OH is 1. The van der Waals surface area contributed by atoms with Crippen LogP contribution in [0.3, 0.4) is 0 Å². The van der Waals surface area contributed by atoms with Crippen LogP contribution in [0.4, 0.5) is 0 Å². The summed E-state index contributed by atoms with van der Waals surface area (Å²) in [6.07, 6.45) is 5.71. The zero-order chi connectivity index (χ0) is 14.5. The highest BCUT2D eigenvalue weighted by Gasteiger charge is 2.22. The second-order valence-corrected chi connectivity index (χ2v) is 5.76. The molecule has 0 heterocycles. The molecule has 2 rings (SSSR count). The van der Waals surface area contributed by atoms with Crippen LogP contribution in [0.15, 0.2) is 18.2 Å². The topological polar surface area (TPSA) is 49.3 Å². The summed E-state index contributed by atoms with van der Waals surface area (Å²) in [4.78, 5) is 11.3. The van der Waals surface area contributed by atoms with Crippen LogP contribution in [0.25, 0.3) is 0 Å². The molecule has 1 aromatic carbocycles. The Bertz CT molecular complexity index is 470. The molecule has 20 heavy (non-hydrogen) atoms. The Morgan fingerprint density at radius 1 is 1.50 bits per heavy atom. The van der Waals surface area contributed by atoms with E-state index in [4.69, 9.17) is 0 Å². The van der Waals surface area contributed by atoms with Gasteiger partial charge in [-0.15, -0.1) is 0 Å². The van der Waals surface area contributed by atoms with Gasteiger partial charge in [0.15, 0.2) is 0 Å². The van der Waals surface area contributed by atoms with Crippen molar-refractivity contribution in [2.24, 2.45) is 0 Å². The smallest absolute Gasteiger partial charge is 0.217 e. The molecular formula is C17H25NO2. The van der Waals surface area contributed by atoms with Crippen LogP contribution in [0.2, 0.25) is 0 Å². The Labute approximate surface area is 121 Å². The highest BCUT2D eigenvalue weighted by Crippen LogP contribution is 2.32. The summed E-state index contributed by atoms with van der Waals surface area (Å²) in [6.45, 7) is 3.70. The summed E-state index contributed by atoms with van der Waals surface area (Å²) in [5, 5.41) is 13.3. The molecule has 1 amide bonds. The van der Waals surface area contributed by atoms with Crippen molar-refractivity contribution in [3.05, 3.63) is 34.9 Å². The van der Waals surface area contributed by atoms with E-state index in [1.165, 1.54) is 11.1 Å². The van der Waals surface area contributed by atoms with Crippen LogP contribution < -0.4 is 5.32 Å². The van der Waals surface area contributed by atoms with E-state index < -0.39 is 0 Å². The first-order valence-electron chi connectivity index (χ1n) is 7.69. The van der Waals surface area contributed by atoms with Crippen molar-refractivity contribution in [1.29, 1.82) is 0 Å². The molecule has 0 radical (unpaired) electrons. The van der Waals surface area contributed by atoms with Gasteiger partial charge in [0.1, 0.15) is 0 Å². The lowest BCUT2D eigenvalue weighted by molar-refractivity contribution is -0.119. The molecule has 2 atom stereocenters. The minimum Gasteiger partial charge on any atom is -0.388 e. The summed E-state index contributed by atoms with van der Waals surface area (Å²) in [6, 6.07) is 6.35. The quantitative estimate of drug-likeness (QED) is 0.865. The number of rotatable bonds is 5. The van der Waals surface area contributed by atoms with Gasteiger partial charge in [-0.25, -0.2) is 0 Å². The van der Waals surface area contributed by atoms with Crippen LogP contribution in [0, 0.1) is 0 Å². The second-order valence-electron chi connectivity index (χ2n) is 5.76. The highest BCUT2D eigenvalue weighted by molar-refractivity contribution is 5.73. The molecule has 0 fully saturated rings. The summed E-state index contributed by atoms with van der Waals surface area (Å²) >= 11 is 0. The number of aryl methyl sites for hydroxylation is 1. The SMILES string of the molecule is CCCCC(O)c1ccc2c(c1)C(NC(C)=O)CCC2. The average molecular weight is 275 g/mol. The zero-order valence-corrected chi connectivity index (χ0v) is 12.5. The third kappa shape index (κ3) is 3.60. The second kappa shape index (κ2) is 6.89. The number of carbonyl (C=O) groups is 1. The van der Waals surface area contributed by atoms with Crippen molar-refractivity contribution in [3.63, 3.8) is 0 Å². The molecule has 0 spiro atoms. The number of hydrogen-bond donors (Lipinski definition) is 2. The summed E-state index contributed by atoms with van der Waals surface area (Å²) in [5.74, 6) is 0.0137. The molecule has 1 aliphatic rings. The monoisotopic (exact) mass is 275 g/mol. The Hall–Kier alpha value is -1.35. The van der Waals surface area contributed by atoms with Crippen molar-refractivity contribution in [3.8, 4) is 0 Å². The van der Waals surface area contributed by atoms with Gasteiger partial charge in [0.05, 0.1) is 12.1 Å². The lowest BCUT2D eigenvalue weighted by Crippen LogP contribution is -2.29. The minimum atomic E-state index is -0.389. The molecule has 3 heteroatoms. The lowest BCUT2D eigenvalue weighted by Gasteiger charge is -2.27. The molecule has 0 saturated heterocycles. The largest absolute Gasteiger partial charge is 0.388 e. The fourth-order valence-electron chi connectivity index (χ4n) is 2.98. The molecule has 1 aliphatic carbocycles. The summed E-state index contributed by atoms with van der Waals surface area (Å²) in [5.41, 5.74) is 3.48. The third-order valence-corrected chi connectivity index (χ3v) is 4.08. The predicted octanol–water partition coefficient (Wildman–Crippen LogP) is 3.42. The van der Waals surface area contributed by atoms with Crippen molar-refractivity contribution < 1.29 is 9.90 Å². The molecule has 1 aromatic rings. The van der Waals surface area contributed by atoms with E-state index in [2.05, 4.69) is 24.4 Å². The molecule has 0 aliphatic heterocycles. The van der Waals surface area contributed by atoms with E-state index >= 15 is 0 Å². The van der Waals surface area contributed by atoms with Crippen LogP contribution >= 0.6 is 0 Å². The lowest BCUT2D eigenvalue weighted by atomic mass is 9.85.